The predicted molar refractivity (Wildman–Crippen MR) is 108 cm³/mol. The second kappa shape index (κ2) is 8.52. The van der Waals surface area contributed by atoms with Crippen LogP contribution >= 0.6 is 23.2 Å². The zero-order chi connectivity index (χ0) is 22.0. The van der Waals surface area contributed by atoms with Crippen LogP contribution in [0.2, 0.25) is 10.0 Å². The lowest BCUT2D eigenvalue weighted by Gasteiger charge is -2.10. The van der Waals surface area contributed by atoms with Gasteiger partial charge in [0.05, 0.1) is 17.1 Å². The Labute approximate surface area is 179 Å². The molecule has 0 amide bonds. The molecule has 11 heteroatoms. The monoisotopic (exact) mass is 450 g/mol. The molecule has 1 aliphatic heterocycles. The first-order chi connectivity index (χ1) is 14.2. The number of carbonyl (C=O) groups is 2. The molecule has 3 rings (SSSR count). The van der Waals surface area contributed by atoms with E-state index in [1.807, 2.05) is 0 Å². The molecule has 0 saturated carbocycles. The number of rotatable bonds is 5. The Kier molecular flexibility index (Phi) is 6.04. The summed E-state index contributed by atoms with van der Waals surface area (Å²) in [5, 5.41) is 11.1. The van der Waals surface area contributed by atoms with Crippen molar-refractivity contribution in [3.63, 3.8) is 0 Å². The Hall–Kier alpha value is -3.43. The quantitative estimate of drug-likeness (QED) is 0.220. The molecule has 1 aliphatic rings. The number of halogens is 2. The van der Waals surface area contributed by atoms with Crippen LogP contribution in [0.5, 0.6) is 11.5 Å². The van der Waals surface area contributed by atoms with E-state index in [-0.39, 0.29) is 44.4 Å². The minimum atomic E-state index is -0.762. The van der Waals surface area contributed by atoms with E-state index in [9.17, 15) is 19.7 Å². The Morgan fingerprint density at radius 3 is 2.60 bits per heavy atom. The number of carbonyl (C=O) groups excluding carboxylic acids is 2. The van der Waals surface area contributed by atoms with Crippen molar-refractivity contribution in [3.8, 4) is 11.5 Å². The van der Waals surface area contributed by atoms with Gasteiger partial charge in [-0.3, -0.25) is 14.9 Å². The van der Waals surface area contributed by atoms with Crippen LogP contribution in [0.15, 0.2) is 41.0 Å². The molecule has 0 N–H and O–H groups in total. The van der Waals surface area contributed by atoms with Crippen molar-refractivity contribution in [2.75, 3.05) is 7.11 Å². The minimum absolute atomic E-state index is 0.0421. The van der Waals surface area contributed by atoms with E-state index in [1.165, 1.54) is 44.4 Å². The van der Waals surface area contributed by atoms with Crippen LogP contribution in [0.3, 0.4) is 0 Å². The molecular formula is C19H12Cl2N2O7. The Bertz CT molecular complexity index is 1140. The number of ether oxygens (including phenoxy) is 3. The van der Waals surface area contributed by atoms with Crippen molar-refractivity contribution in [2.24, 2.45) is 4.99 Å². The molecule has 0 aromatic heterocycles. The summed E-state index contributed by atoms with van der Waals surface area (Å²) in [6, 6.07) is 6.85. The van der Waals surface area contributed by atoms with E-state index < -0.39 is 16.9 Å². The summed E-state index contributed by atoms with van der Waals surface area (Å²) < 4.78 is 15.3. The van der Waals surface area contributed by atoms with Gasteiger partial charge in [0.2, 0.25) is 5.90 Å². The molecule has 9 nitrogen and oxygen atoms in total. The number of nitro groups is 1. The highest BCUT2D eigenvalue weighted by molar-refractivity contribution is 6.33. The summed E-state index contributed by atoms with van der Waals surface area (Å²) in [4.78, 5) is 37.9. The van der Waals surface area contributed by atoms with Gasteiger partial charge in [0.1, 0.15) is 5.02 Å². The van der Waals surface area contributed by atoms with Gasteiger partial charge >= 0.3 is 11.9 Å². The normalized spacial score (nSPS) is 14.3. The van der Waals surface area contributed by atoms with Crippen molar-refractivity contribution in [1.29, 1.82) is 0 Å². The topological polar surface area (TPSA) is 117 Å². The summed E-state index contributed by atoms with van der Waals surface area (Å²) in [5.41, 5.74) is 0.222. The van der Waals surface area contributed by atoms with E-state index in [0.29, 0.717) is 5.56 Å². The maximum absolute atomic E-state index is 12.2. The van der Waals surface area contributed by atoms with Gasteiger partial charge in [0.15, 0.2) is 17.2 Å². The average molecular weight is 451 g/mol. The summed E-state index contributed by atoms with van der Waals surface area (Å²) in [6.07, 6.45) is 1.38. The van der Waals surface area contributed by atoms with Crippen LogP contribution in [0.25, 0.3) is 6.08 Å². The maximum Gasteiger partial charge on any atom is 0.363 e. The third kappa shape index (κ3) is 4.42. The molecule has 0 bridgehead atoms. The van der Waals surface area contributed by atoms with Crippen molar-refractivity contribution < 1.29 is 28.7 Å². The van der Waals surface area contributed by atoms with Crippen LogP contribution in [0.4, 0.5) is 5.69 Å². The van der Waals surface area contributed by atoms with Gasteiger partial charge in [-0.05, 0) is 35.9 Å². The highest BCUT2D eigenvalue weighted by Crippen LogP contribution is 2.37. The van der Waals surface area contributed by atoms with Gasteiger partial charge in [-0.1, -0.05) is 23.2 Å². The Morgan fingerprint density at radius 2 is 1.97 bits per heavy atom. The molecule has 0 fully saturated rings. The first-order valence-corrected chi connectivity index (χ1v) is 8.98. The van der Waals surface area contributed by atoms with E-state index >= 15 is 0 Å². The largest absolute Gasteiger partial charge is 0.493 e. The number of nitro benzene ring substituents is 1. The van der Waals surface area contributed by atoms with Gasteiger partial charge in [-0.2, -0.15) is 0 Å². The highest BCUT2D eigenvalue weighted by Gasteiger charge is 2.26. The van der Waals surface area contributed by atoms with Crippen LogP contribution in [-0.2, 0) is 14.3 Å². The Morgan fingerprint density at radius 1 is 1.23 bits per heavy atom. The molecule has 154 valence electrons. The number of methoxy groups -OCH3 is 1. The van der Waals surface area contributed by atoms with Gasteiger partial charge in [0, 0.05) is 18.6 Å². The van der Waals surface area contributed by atoms with E-state index in [0.717, 1.165) is 6.07 Å². The standard InChI is InChI=1S/C19H12Cl2N2O7/c1-9(24)29-17-13(21)5-10(7-16(17)28-2)6-14-19(25)30-18(22-14)11-3-4-12(20)15(8-11)23(26)27/h3-8H,1-2H3/b14-6-. The van der Waals surface area contributed by atoms with E-state index in [4.69, 9.17) is 37.4 Å². The number of benzene rings is 2. The number of esters is 2. The lowest BCUT2D eigenvalue weighted by molar-refractivity contribution is -0.384. The first kappa shape index (κ1) is 21.3. The first-order valence-electron chi connectivity index (χ1n) is 8.22. The molecule has 0 saturated heterocycles. The van der Waals surface area contributed by atoms with Crippen LogP contribution in [0.1, 0.15) is 18.1 Å². The molecule has 2 aromatic rings. The minimum Gasteiger partial charge on any atom is -0.493 e. The fraction of sp³-hybridized carbons (Fsp3) is 0.105. The number of hydrogen-bond donors (Lipinski definition) is 0. The molecule has 0 atom stereocenters. The average Bonchev–Trinajstić information content (AvgIpc) is 3.04. The number of aliphatic imine (C=N–C) groups is 1. The lowest BCUT2D eigenvalue weighted by Crippen LogP contribution is -2.06. The maximum atomic E-state index is 12.2. The van der Waals surface area contributed by atoms with Crippen LogP contribution in [0, 0.1) is 10.1 Å². The second-order valence-corrected chi connectivity index (χ2v) is 6.70. The third-order valence-corrected chi connectivity index (χ3v) is 4.41. The number of hydrogen-bond acceptors (Lipinski definition) is 8. The summed E-state index contributed by atoms with van der Waals surface area (Å²) >= 11 is 11.9. The Balaban J connectivity index is 1.99. The van der Waals surface area contributed by atoms with Gasteiger partial charge in [-0.15, -0.1) is 0 Å². The molecule has 0 radical (unpaired) electrons. The van der Waals surface area contributed by atoms with Gasteiger partial charge in [-0.25, -0.2) is 9.79 Å². The van der Waals surface area contributed by atoms with Crippen molar-refractivity contribution >= 4 is 52.8 Å². The van der Waals surface area contributed by atoms with Gasteiger partial charge in [0.25, 0.3) is 5.69 Å². The molecular weight excluding hydrogens is 439 g/mol. The zero-order valence-corrected chi connectivity index (χ0v) is 17.0. The summed E-state index contributed by atoms with van der Waals surface area (Å²) in [6.45, 7) is 1.22. The van der Waals surface area contributed by atoms with E-state index in [2.05, 4.69) is 4.99 Å². The molecule has 30 heavy (non-hydrogen) atoms. The molecule has 0 aliphatic carbocycles. The smallest absolute Gasteiger partial charge is 0.363 e. The third-order valence-electron chi connectivity index (χ3n) is 3.81. The van der Waals surface area contributed by atoms with Crippen molar-refractivity contribution in [2.45, 2.75) is 6.92 Å². The molecule has 0 spiro atoms. The zero-order valence-electron chi connectivity index (χ0n) is 15.5. The SMILES string of the molecule is COc1cc(/C=C2\N=C(c3ccc(Cl)c([N+](=O)[O-])c3)OC2=O)cc(Cl)c1OC(C)=O. The lowest BCUT2D eigenvalue weighted by atomic mass is 10.1. The van der Waals surface area contributed by atoms with Crippen LogP contribution < -0.4 is 9.47 Å². The molecule has 2 aromatic carbocycles. The molecule has 0 unspecified atom stereocenters. The number of nitrogens with zero attached hydrogens (tertiary/aromatic N) is 2. The van der Waals surface area contributed by atoms with Crippen molar-refractivity contribution in [3.05, 3.63) is 67.3 Å². The van der Waals surface area contributed by atoms with Gasteiger partial charge < -0.3 is 14.2 Å². The molecule has 1 heterocycles. The number of cyclic esters (lactones) is 1. The van der Waals surface area contributed by atoms with E-state index in [1.54, 1.807) is 0 Å². The second-order valence-electron chi connectivity index (χ2n) is 5.89. The summed E-state index contributed by atoms with van der Waals surface area (Å²) in [5.74, 6) is -1.23. The predicted octanol–water partition coefficient (Wildman–Crippen LogP) is 4.18. The van der Waals surface area contributed by atoms with Crippen molar-refractivity contribution in [1.82, 2.24) is 0 Å². The fourth-order valence-corrected chi connectivity index (χ4v) is 2.99. The highest BCUT2D eigenvalue weighted by atomic mass is 35.5. The fourth-order valence-electron chi connectivity index (χ4n) is 2.54. The van der Waals surface area contributed by atoms with Crippen LogP contribution in [-0.4, -0.2) is 29.9 Å². The summed E-state index contributed by atoms with van der Waals surface area (Å²) in [7, 11) is 1.36.